The van der Waals surface area contributed by atoms with E-state index in [2.05, 4.69) is 59.5 Å². The SMILES string of the molecule is Cc1sc(-c2cccs2)c(-c2cccs2)c1-c1cccs1. The Morgan fingerprint density at radius 2 is 1.19 bits per heavy atom. The largest absolute Gasteiger partial charge is 0.144 e. The molecule has 0 aromatic carbocycles. The summed E-state index contributed by atoms with van der Waals surface area (Å²) >= 11 is 7.40. The highest BCUT2D eigenvalue weighted by Gasteiger charge is 2.21. The van der Waals surface area contributed by atoms with Crippen LogP contribution in [0.1, 0.15) is 4.88 Å². The summed E-state index contributed by atoms with van der Waals surface area (Å²) in [7, 11) is 0. The quantitative estimate of drug-likeness (QED) is 0.367. The molecule has 0 radical (unpaired) electrons. The minimum atomic E-state index is 1.37. The molecule has 4 rings (SSSR count). The van der Waals surface area contributed by atoms with Crippen molar-refractivity contribution in [1.29, 1.82) is 0 Å². The second-order valence-electron chi connectivity index (χ2n) is 4.67. The van der Waals surface area contributed by atoms with E-state index < -0.39 is 0 Å². The summed E-state index contributed by atoms with van der Waals surface area (Å²) in [6.07, 6.45) is 0. The smallest absolute Gasteiger partial charge is 0.0538 e. The predicted octanol–water partition coefficient (Wildman–Crippen LogP) is 7.24. The first kappa shape index (κ1) is 13.5. The second-order valence-corrected chi connectivity index (χ2v) is 8.74. The molecular formula is C17H12S4. The van der Waals surface area contributed by atoms with Gasteiger partial charge in [-0.1, -0.05) is 18.2 Å². The van der Waals surface area contributed by atoms with E-state index in [1.165, 1.54) is 35.5 Å². The highest BCUT2D eigenvalue weighted by molar-refractivity contribution is 7.23. The van der Waals surface area contributed by atoms with Crippen molar-refractivity contribution in [2.75, 3.05) is 0 Å². The molecule has 0 aliphatic heterocycles. The summed E-state index contributed by atoms with van der Waals surface area (Å²) in [4.78, 5) is 6.92. The Labute approximate surface area is 140 Å². The lowest BCUT2D eigenvalue weighted by atomic mass is 10.0. The normalized spacial score (nSPS) is 11.1. The molecule has 0 bridgehead atoms. The zero-order valence-electron chi connectivity index (χ0n) is 11.3. The van der Waals surface area contributed by atoms with E-state index in [4.69, 9.17) is 0 Å². The molecule has 4 heteroatoms. The van der Waals surface area contributed by atoms with Gasteiger partial charge in [-0.15, -0.1) is 45.3 Å². The zero-order chi connectivity index (χ0) is 14.2. The summed E-state index contributed by atoms with van der Waals surface area (Å²) in [6.45, 7) is 2.24. The Kier molecular flexibility index (Phi) is 3.55. The molecule has 104 valence electrons. The summed E-state index contributed by atoms with van der Waals surface area (Å²) in [5.41, 5.74) is 2.83. The molecule has 0 atom stereocenters. The molecule has 4 heterocycles. The average Bonchev–Trinajstić information content (AvgIpc) is 3.26. The summed E-state index contributed by atoms with van der Waals surface area (Å²) in [6, 6.07) is 13.1. The fourth-order valence-corrected chi connectivity index (χ4v) is 6.29. The van der Waals surface area contributed by atoms with Gasteiger partial charge < -0.3 is 0 Å². The predicted molar refractivity (Wildman–Crippen MR) is 99.0 cm³/mol. The third kappa shape index (κ3) is 2.32. The molecule has 4 aromatic heterocycles. The monoisotopic (exact) mass is 344 g/mol. The van der Waals surface area contributed by atoms with Crippen LogP contribution < -0.4 is 0 Å². The van der Waals surface area contributed by atoms with Gasteiger partial charge in [-0.2, -0.15) is 0 Å². The summed E-state index contributed by atoms with van der Waals surface area (Å²) < 4.78 is 0. The maximum atomic E-state index is 2.24. The van der Waals surface area contributed by atoms with Crippen molar-refractivity contribution in [3.8, 4) is 30.6 Å². The van der Waals surface area contributed by atoms with Gasteiger partial charge in [-0.05, 0) is 41.3 Å². The molecule has 21 heavy (non-hydrogen) atoms. The average molecular weight is 345 g/mol. The lowest BCUT2D eigenvalue weighted by Gasteiger charge is -2.04. The summed E-state index contributed by atoms with van der Waals surface area (Å²) in [5.74, 6) is 0. The topological polar surface area (TPSA) is 0 Å². The Bertz CT molecular complexity index is 831. The molecule has 0 unspecified atom stereocenters. The van der Waals surface area contributed by atoms with E-state index in [-0.39, 0.29) is 0 Å². The molecule has 0 spiro atoms. The molecule has 0 saturated carbocycles. The molecule has 0 amide bonds. The fourth-order valence-electron chi connectivity index (χ4n) is 2.50. The number of hydrogen-bond donors (Lipinski definition) is 0. The third-order valence-corrected chi connectivity index (χ3v) is 7.29. The molecule has 4 aromatic rings. The highest BCUT2D eigenvalue weighted by atomic mass is 32.1. The van der Waals surface area contributed by atoms with E-state index >= 15 is 0 Å². The molecule has 0 saturated heterocycles. The molecule has 0 N–H and O–H groups in total. The van der Waals surface area contributed by atoms with Crippen LogP contribution in [0.3, 0.4) is 0 Å². The minimum absolute atomic E-state index is 1.37. The van der Waals surface area contributed by atoms with Crippen molar-refractivity contribution in [2.45, 2.75) is 6.92 Å². The first-order valence-corrected chi connectivity index (χ1v) is 10.0. The van der Waals surface area contributed by atoms with Crippen molar-refractivity contribution in [3.05, 3.63) is 57.4 Å². The van der Waals surface area contributed by atoms with Gasteiger partial charge in [-0.3, -0.25) is 0 Å². The van der Waals surface area contributed by atoms with Crippen LogP contribution in [0.4, 0.5) is 0 Å². The Morgan fingerprint density at radius 1 is 0.667 bits per heavy atom. The maximum absolute atomic E-state index is 2.24. The number of rotatable bonds is 3. The van der Waals surface area contributed by atoms with Gasteiger partial charge in [0.25, 0.3) is 0 Å². The van der Waals surface area contributed by atoms with Gasteiger partial charge in [0.1, 0.15) is 0 Å². The van der Waals surface area contributed by atoms with Crippen LogP contribution in [-0.4, -0.2) is 0 Å². The summed E-state index contributed by atoms with van der Waals surface area (Å²) in [5, 5.41) is 6.49. The van der Waals surface area contributed by atoms with Crippen LogP contribution >= 0.6 is 45.3 Å². The van der Waals surface area contributed by atoms with Crippen molar-refractivity contribution in [3.63, 3.8) is 0 Å². The molecule has 0 nitrogen and oxygen atoms in total. The van der Waals surface area contributed by atoms with Crippen molar-refractivity contribution >= 4 is 45.3 Å². The van der Waals surface area contributed by atoms with E-state index in [0.29, 0.717) is 0 Å². The number of hydrogen-bond acceptors (Lipinski definition) is 4. The van der Waals surface area contributed by atoms with Crippen LogP contribution in [0.25, 0.3) is 30.6 Å². The first-order valence-electron chi connectivity index (χ1n) is 6.59. The Hall–Kier alpha value is -1.20. The molecule has 0 aliphatic carbocycles. The van der Waals surface area contributed by atoms with Crippen molar-refractivity contribution in [2.24, 2.45) is 0 Å². The Morgan fingerprint density at radius 3 is 1.71 bits per heavy atom. The van der Waals surface area contributed by atoms with Crippen LogP contribution in [0.5, 0.6) is 0 Å². The fraction of sp³-hybridized carbons (Fsp3) is 0.0588. The number of aryl methyl sites for hydroxylation is 1. The van der Waals surface area contributed by atoms with Crippen LogP contribution in [0, 0.1) is 6.92 Å². The van der Waals surface area contributed by atoms with E-state index in [0.717, 1.165) is 0 Å². The highest BCUT2D eigenvalue weighted by Crippen LogP contribution is 2.50. The lowest BCUT2D eigenvalue weighted by molar-refractivity contribution is 1.63. The van der Waals surface area contributed by atoms with Crippen molar-refractivity contribution < 1.29 is 0 Å². The van der Waals surface area contributed by atoms with E-state index in [9.17, 15) is 0 Å². The van der Waals surface area contributed by atoms with Crippen molar-refractivity contribution in [1.82, 2.24) is 0 Å². The second kappa shape index (κ2) is 5.54. The molecule has 0 fully saturated rings. The maximum Gasteiger partial charge on any atom is 0.0538 e. The van der Waals surface area contributed by atoms with Gasteiger partial charge >= 0.3 is 0 Å². The number of thiophene rings is 4. The minimum Gasteiger partial charge on any atom is -0.144 e. The third-order valence-electron chi connectivity index (χ3n) is 3.36. The lowest BCUT2D eigenvalue weighted by Crippen LogP contribution is -1.78. The van der Waals surface area contributed by atoms with Crippen LogP contribution in [0.15, 0.2) is 52.5 Å². The molecular weight excluding hydrogens is 332 g/mol. The van der Waals surface area contributed by atoms with E-state index in [1.54, 1.807) is 0 Å². The van der Waals surface area contributed by atoms with Gasteiger partial charge in [0, 0.05) is 30.6 Å². The zero-order valence-corrected chi connectivity index (χ0v) is 14.6. The van der Waals surface area contributed by atoms with Gasteiger partial charge in [0.15, 0.2) is 0 Å². The van der Waals surface area contributed by atoms with Gasteiger partial charge in [0.05, 0.1) is 4.88 Å². The van der Waals surface area contributed by atoms with E-state index in [1.807, 2.05) is 45.3 Å². The first-order chi connectivity index (χ1) is 10.3. The van der Waals surface area contributed by atoms with Gasteiger partial charge in [0.2, 0.25) is 0 Å². The Balaban J connectivity index is 2.04. The van der Waals surface area contributed by atoms with Crippen LogP contribution in [-0.2, 0) is 0 Å². The molecule has 0 aliphatic rings. The standard InChI is InChI=1S/C17H12S4/c1-11-15(12-5-2-8-18-12)16(13-6-3-9-19-13)17(21-11)14-7-4-10-20-14/h2-10H,1H3. The van der Waals surface area contributed by atoms with Gasteiger partial charge in [-0.25, -0.2) is 0 Å². The van der Waals surface area contributed by atoms with Crippen LogP contribution in [0.2, 0.25) is 0 Å².